The Morgan fingerprint density at radius 2 is 2.12 bits per heavy atom. The SMILES string of the molecule is CCCCCOc1ccccc1C(=O)N1CCCC(C(=O)NN)C1. The molecule has 3 N–H and O–H groups in total. The van der Waals surface area contributed by atoms with Gasteiger partial charge in [-0.15, -0.1) is 0 Å². The van der Waals surface area contributed by atoms with Crippen molar-refractivity contribution in [3.63, 3.8) is 0 Å². The summed E-state index contributed by atoms with van der Waals surface area (Å²) in [5.41, 5.74) is 2.74. The van der Waals surface area contributed by atoms with E-state index in [1.165, 1.54) is 0 Å². The first-order chi connectivity index (χ1) is 11.7. The van der Waals surface area contributed by atoms with E-state index in [4.69, 9.17) is 10.6 Å². The van der Waals surface area contributed by atoms with Gasteiger partial charge in [-0.3, -0.25) is 15.0 Å². The minimum Gasteiger partial charge on any atom is -0.493 e. The summed E-state index contributed by atoms with van der Waals surface area (Å²) >= 11 is 0. The zero-order chi connectivity index (χ0) is 17.4. The number of likely N-dealkylation sites (tertiary alicyclic amines) is 1. The molecule has 0 aliphatic carbocycles. The zero-order valence-electron chi connectivity index (χ0n) is 14.3. The minimum atomic E-state index is -0.245. The number of nitrogens with one attached hydrogen (secondary N) is 1. The molecule has 6 heteroatoms. The molecule has 6 nitrogen and oxygen atoms in total. The molecule has 1 aromatic carbocycles. The van der Waals surface area contributed by atoms with Gasteiger partial charge in [0, 0.05) is 13.1 Å². The van der Waals surface area contributed by atoms with Crippen molar-refractivity contribution in [3.05, 3.63) is 29.8 Å². The largest absolute Gasteiger partial charge is 0.493 e. The number of amides is 2. The quantitative estimate of drug-likeness (QED) is 0.346. The molecule has 0 bridgehead atoms. The van der Waals surface area contributed by atoms with Crippen LogP contribution in [-0.4, -0.2) is 36.4 Å². The minimum absolute atomic E-state index is 0.0874. The first kappa shape index (κ1) is 18.3. The first-order valence-corrected chi connectivity index (χ1v) is 8.69. The fourth-order valence-electron chi connectivity index (χ4n) is 2.97. The predicted molar refractivity (Wildman–Crippen MR) is 92.4 cm³/mol. The molecule has 1 fully saturated rings. The highest BCUT2D eigenvalue weighted by Crippen LogP contribution is 2.24. The number of nitrogens with two attached hydrogens (primary N) is 1. The van der Waals surface area contributed by atoms with Gasteiger partial charge in [0.25, 0.3) is 5.91 Å². The molecule has 0 radical (unpaired) electrons. The highest BCUT2D eigenvalue weighted by molar-refractivity contribution is 5.97. The van der Waals surface area contributed by atoms with Crippen molar-refractivity contribution < 1.29 is 14.3 Å². The first-order valence-electron chi connectivity index (χ1n) is 8.69. The molecular weight excluding hydrogens is 306 g/mol. The van der Waals surface area contributed by atoms with Crippen LogP contribution in [0.15, 0.2) is 24.3 Å². The monoisotopic (exact) mass is 333 g/mol. The predicted octanol–water partition coefficient (Wildman–Crippen LogP) is 2.10. The summed E-state index contributed by atoms with van der Waals surface area (Å²) in [5.74, 6) is 5.29. The Kier molecular flexibility index (Phi) is 7.06. The summed E-state index contributed by atoms with van der Waals surface area (Å²) in [4.78, 5) is 26.3. The van der Waals surface area contributed by atoms with Crippen LogP contribution in [0.4, 0.5) is 0 Å². The number of unbranched alkanes of at least 4 members (excludes halogenated alkanes) is 2. The molecule has 1 aliphatic rings. The van der Waals surface area contributed by atoms with E-state index in [2.05, 4.69) is 12.3 Å². The van der Waals surface area contributed by atoms with E-state index in [-0.39, 0.29) is 17.7 Å². The molecule has 1 heterocycles. The van der Waals surface area contributed by atoms with Gasteiger partial charge in [0.05, 0.1) is 18.1 Å². The van der Waals surface area contributed by atoms with Crippen molar-refractivity contribution in [2.45, 2.75) is 39.0 Å². The number of nitrogens with zero attached hydrogens (tertiary/aromatic N) is 1. The molecule has 24 heavy (non-hydrogen) atoms. The molecule has 1 atom stereocenters. The zero-order valence-corrected chi connectivity index (χ0v) is 14.3. The van der Waals surface area contributed by atoms with E-state index < -0.39 is 0 Å². The van der Waals surface area contributed by atoms with Gasteiger partial charge >= 0.3 is 0 Å². The summed E-state index contributed by atoms with van der Waals surface area (Å²) in [6.45, 7) is 3.79. The van der Waals surface area contributed by atoms with Gasteiger partial charge in [-0.05, 0) is 31.4 Å². The Hall–Kier alpha value is -2.08. The number of ether oxygens (including phenoxy) is 1. The molecule has 1 unspecified atom stereocenters. The fraction of sp³-hybridized carbons (Fsp3) is 0.556. The van der Waals surface area contributed by atoms with Crippen molar-refractivity contribution >= 4 is 11.8 Å². The van der Waals surface area contributed by atoms with Gasteiger partial charge in [0.15, 0.2) is 0 Å². The third kappa shape index (κ3) is 4.71. The summed E-state index contributed by atoms with van der Waals surface area (Å²) in [7, 11) is 0. The van der Waals surface area contributed by atoms with Gasteiger partial charge < -0.3 is 9.64 Å². The molecule has 2 amide bonds. The molecule has 132 valence electrons. The van der Waals surface area contributed by atoms with E-state index in [1.807, 2.05) is 18.2 Å². The molecular formula is C18H27N3O3. The molecule has 0 aromatic heterocycles. The van der Waals surface area contributed by atoms with Crippen LogP contribution >= 0.6 is 0 Å². The molecule has 0 spiro atoms. The fourth-order valence-corrected chi connectivity index (χ4v) is 2.97. The van der Waals surface area contributed by atoms with E-state index >= 15 is 0 Å². The van der Waals surface area contributed by atoms with E-state index in [0.717, 1.165) is 32.1 Å². The summed E-state index contributed by atoms with van der Waals surface area (Å²) in [6.07, 6.45) is 4.76. The number of hydrogen-bond acceptors (Lipinski definition) is 4. The highest BCUT2D eigenvalue weighted by Gasteiger charge is 2.29. The van der Waals surface area contributed by atoms with Crippen LogP contribution in [0.1, 0.15) is 49.4 Å². The maximum atomic E-state index is 12.8. The van der Waals surface area contributed by atoms with Crippen molar-refractivity contribution in [3.8, 4) is 5.75 Å². The van der Waals surface area contributed by atoms with Gasteiger partial charge in [0.2, 0.25) is 5.91 Å². The number of piperidine rings is 1. The average molecular weight is 333 g/mol. The van der Waals surface area contributed by atoms with Crippen molar-refractivity contribution in [1.82, 2.24) is 10.3 Å². The number of carbonyl (C=O) groups excluding carboxylic acids is 2. The Morgan fingerprint density at radius 3 is 2.88 bits per heavy atom. The van der Waals surface area contributed by atoms with Gasteiger partial charge in [-0.2, -0.15) is 0 Å². The number of hydrazine groups is 1. The smallest absolute Gasteiger partial charge is 0.257 e. The number of rotatable bonds is 7. The van der Waals surface area contributed by atoms with Crippen LogP contribution in [-0.2, 0) is 4.79 Å². The van der Waals surface area contributed by atoms with Gasteiger partial charge in [-0.25, -0.2) is 5.84 Å². The maximum absolute atomic E-state index is 12.8. The van der Waals surface area contributed by atoms with Crippen molar-refractivity contribution in [2.24, 2.45) is 11.8 Å². The Labute approximate surface area is 143 Å². The summed E-state index contributed by atoms with van der Waals surface area (Å²) in [6, 6.07) is 7.31. The lowest BCUT2D eigenvalue weighted by atomic mass is 9.96. The third-order valence-electron chi connectivity index (χ3n) is 4.34. The van der Waals surface area contributed by atoms with Crippen molar-refractivity contribution in [1.29, 1.82) is 0 Å². The number of hydrogen-bond donors (Lipinski definition) is 2. The lowest BCUT2D eigenvalue weighted by molar-refractivity contribution is -0.126. The second-order valence-corrected chi connectivity index (χ2v) is 6.15. The highest BCUT2D eigenvalue weighted by atomic mass is 16.5. The second-order valence-electron chi connectivity index (χ2n) is 6.15. The second kappa shape index (κ2) is 9.27. The Morgan fingerprint density at radius 1 is 1.33 bits per heavy atom. The number of carbonyl (C=O) groups is 2. The maximum Gasteiger partial charge on any atom is 0.257 e. The number of benzene rings is 1. The van der Waals surface area contributed by atoms with Crippen LogP contribution in [0.5, 0.6) is 5.75 Å². The lowest BCUT2D eigenvalue weighted by Crippen LogP contribution is -2.47. The van der Waals surface area contributed by atoms with E-state index in [0.29, 0.717) is 31.0 Å². The van der Waals surface area contributed by atoms with Crippen LogP contribution in [0, 0.1) is 5.92 Å². The molecule has 1 saturated heterocycles. The average Bonchev–Trinajstić information content (AvgIpc) is 2.64. The van der Waals surface area contributed by atoms with Crippen molar-refractivity contribution in [2.75, 3.05) is 19.7 Å². The topological polar surface area (TPSA) is 84.7 Å². The van der Waals surface area contributed by atoms with Crippen LogP contribution in [0.25, 0.3) is 0 Å². The summed E-state index contributed by atoms with van der Waals surface area (Å²) in [5, 5.41) is 0. The third-order valence-corrected chi connectivity index (χ3v) is 4.34. The lowest BCUT2D eigenvalue weighted by Gasteiger charge is -2.32. The van der Waals surface area contributed by atoms with E-state index in [1.54, 1.807) is 11.0 Å². The molecule has 1 aliphatic heterocycles. The van der Waals surface area contributed by atoms with Crippen LogP contribution in [0.2, 0.25) is 0 Å². The van der Waals surface area contributed by atoms with Crippen LogP contribution < -0.4 is 16.0 Å². The van der Waals surface area contributed by atoms with E-state index in [9.17, 15) is 9.59 Å². The van der Waals surface area contributed by atoms with Crippen LogP contribution in [0.3, 0.4) is 0 Å². The Bertz CT molecular complexity index is 562. The number of para-hydroxylation sites is 1. The molecule has 0 saturated carbocycles. The summed E-state index contributed by atoms with van der Waals surface area (Å²) < 4.78 is 5.80. The normalized spacial score (nSPS) is 17.4. The van der Waals surface area contributed by atoms with Gasteiger partial charge in [-0.1, -0.05) is 31.9 Å². The van der Waals surface area contributed by atoms with Gasteiger partial charge in [0.1, 0.15) is 5.75 Å². The molecule has 1 aromatic rings. The standard InChI is InChI=1S/C18H27N3O3/c1-2-3-6-12-24-16-10-5-4-9-15(16)18(23)21-11-7-8-14(13-21)17(22)20-19/h4-5,9-10,14H,2-3,6-8,11-13,19H2,1H3,(H,20,22). The Balaban J connectivity index is 2.04. The molecule has 2 rings (SSSR count).